The molecule has 0 fully saturated rings. The molecule has 0 atom stereocenters. The lowest BCUT2D eigenvalue weighted by atomic mass is 10.8. The third-order valence-electron chi connectivity index (χ3n) is 1.01. The van der Waals surface area contributed by atoms with Gasteiger partial charge in [0.2, 0.25) is 0 Å². The zero-order valence-electron chi connectivity index (χ0n) is 4.97. The van der Waals surface area contributed by atoms with Crippen LogP contribution >= 0.6 is 0 Å². The lowest BCUT2D eigenvalue weighted by Crippen LogP contribution is -2.26. The molecule has 1 aromatic rings. The van der Waals surface area contributed by atoms with E-state index in [1.807, 2.05) is 4.98 Å². The van der Waals surface area contributed by atoms with Crippen molar-refractivity contribution in [2.75, 3.05) is 11.5 Å². The number of nitrogen functional groups attached to an aromatic ring is 2. The Labute approximate surface area is 54.9 Å². The van der Waals surface area contributed by atoms with Crippen LogP contribution < -0.4 is 22.7 Å². The van der Waals surface area contributed by atoms with Gasteiger partial charge in [-0.15, -0.1) is 0 Å². The molecule has 0 saturated carbocycles. The van der Waals surface area contributed by atoms with Crippen molar-refractivity contribution >= 4 is 11.5 Å². The molecule has 6 heteroatoms. The van der Waals surface area contributed by atoms with Gasteiger partial charge in [-0.1, -0.05) is 0 Å². The maximum atomic E-state index is 10.6. The van der Waals surface area contributed by atoms with Gasteiger partial charge < -0.3 is 11.5 Å². The highest BCUT2D eigenvalue weighted by atomic mass is 16.2. The number of H-pyrrole nitrogens is 2. The summed E-state index contributed by atoms with van der Waals surface area (Å²) < 4.78 is 0. The Hall–Kier alpha value is -1.72. The number of nitrogens with one attached hydrogen (secondary N) is 2. The summed E-state index contributed by atoms with van der Waals surface area (Å²) in [6, 6.07) is 0. The topological polar surface area (TPSA) is 118 Å². The summed E-state index contributed by atoms with van der Waals surface area (Å²) in [4.78, 5) is 25.0. The number of anilines is 2. The van der Waals surface area contributed by atoms with Crippen molar-refractivity contribution < 1.29 is 0 Å². The average molecular weight is 144 g/mol. The Morgan fingerprint density at radius 1 is 1.10 bits per heavy atom. The van der Waals surface area contributed by atoms with Crippen molar-refractivity contribution in [3.8, 4) is 0 Å². The second-order valence-electron chi connectivity index (χ2n) is 1.74. The van der Waals surface area contributed by atoms with Gasteiger partial charge >= 0.3 is 5.69 Å². The maximum absolute atomic E-state index is 10.6. The molecule has 6 nitrogen and oxygen atoms in total. The van der Waals surface area contributed by atoms with E-state index in [1.165, 1.54) is 0 Å². The van der Waals surface area contributed by atoms with Crippen molar-refractivity contribution in [1.29, 1.82) is 0 Å². The van der Waals surface area contributed by atoms with Crippen LogP contribution in [0.4, 0.5) is 11.5 Å². The molecule has 0 saturated heterocycles. The highest BCUT2D eigenvalue weighted by molar-refractivity contribution is 5.55. The highest BCUT2D eigenvalue weighted by Gasteiger charge is 1.98. The largest absolute Gasteiger partial charge is 0.391 e. The van der Waals surface area contributed by atoms with E-state index in [9.17, 15) is 9.59 Å². The minimum Gasteiger partial charge on any atom is -0.391 e. The molecule has 0 spiro atoms. The molecule has 1 rings (SSSR count). The van der Waals surface area contributed by atoms with Crippen LogP contribution in [0.1, 0.15) is 0 Å². The number of nitrogens with two attached hydrogens (primary N) is 2. The Kier molecular flexibility index (Phi) is 1.22. The molecule has 1 aromatic heterocycles. The van der Waals surface area contributed by atoms with E-state index in [0.717, 1.165) is 0 Å². The second kappa shape index (κ2) is 1.90. The van der Waals surface area contributed by atoms with Crippen LogP contribution in [-0.4, -0.2) is 9.97 Å². The number of hydrogen-bond donors (Lipinski definition) is 4. The van der Waals surface area contributed by atoms with Crippen LogP contribution in [0.15, 0.2) is 9.59 Å². The van der Waals surface area contributed by atoms with Crippen molar-refractivity contribution in [3.05, 3.63) is 20.8 Å². The molecular weight excluding hydrogens is 138 g/mol. The Morgan fingerprint density at radius 3 is 2.20 bits per heavy atom. The number of rotatable bonds is 0. The predicted molar refractivity (Wildman–Crippen MR) is 36.5 cm³/mol. The standard InChI is InChI=1S/C4H6N4O2/c5-1-2(6)7-4(10)8-3(1)9/h5H2,(H4,6,7,8,9,10)/i1+1,5+1. The molecule has 1 heterocycles. The third kappa shape index (κ3) is 0.859. The maximum Gasteiger partial charge on any atom is 0.327 e. The Morgan fingerprint density at radius 2 is 1.70 bits per heavy atom. The molecule has 10 heavy (non-hydrogen) atoms. The van der Waals surface area contributed by atoms with E-state index < -0.39 is 11.2 Å². The van der Waals surface area contributed by atoms with Crippen LogP contribution in [0.5, 0.6) is 0 Å². The molecule has 0 aliphatic carbocycles. The minimum atomic E-state index is -0.666. The quantitative estimate of drug-likeness (QED) is 0.322. The highest BCUT2D eigenvalue weighted by Crippen LogP contribution is 1.96. The van der Waals surface area contributed by atoms with Gasteiger partial charge in [0.25, 0.3) is 5.56 Å². The van der Waals surface area contributed by atoms with Crippen LogP contribution in [0, 0.1) is 0 Å². The fourth-order valence-corrected chi connectivity index (χ4v) is 0.514. The molecule has 0 radical (unpaired) electrons. The molecule has 54 valence electrons. The molecule has 6 N–H and O–H groups in total. The number of aromatic nitrogens is 2. The van der Waals surface area contributed by atoms with Crippen LogP contribution in [-0.2, 0) is 0 Å². The van der Waals surface area contributed by atoms with E-state index in [-0.39, 0.29) is 11.5 Å². The van der Waals surface area contributed by atoms with Crippen molar-refractivity contribution in [1.82, 2.24) is 9.97 Å². The first-order valence-corrected chi connectivity index (χ1v) is 2.49. The van der Waals surface area contributed by atoms with Crippen LogP contribution in [0.3, 0.4) is 0 Å². The third-order valence-corrected chi connectivity index (χ3v) is 1.01. The zero-order chi connectivity index (χ0) is 7.72. The van der Waals surface area contributed by atoms with E-state index in [4.69, 9.17) is 11.5 Å². The van der Waals surface area contributed by atoms with Gasteiger partial charge in [0.15, 0.2) is 0 Å². The summed E-state index contributed by atoms with van der Waals surface area (Å²) in [5.41, 5.74) is 8.74. The second-order valence-corrected chi connectivity index (χ2v) is 1.74. The SMILES string of the molecule is Nc1[nH]c(=O)[nH]c(=O)[13c]1[15NH2]. The molecular formula is C4H6N4O2. The summed E-state index contributed by atoms with van der Waals surface area (Å²) in [5.74, 6) is -0.103. The minimum absolute atomic E-state index is 0.103. The van der Waals surface area contributed by atoms with Gasteiger partial charge in [0.05, 0.1) is 0 Å². The van der Waals surface area contributed by atoms with Crippen LogP contribution in [0.25, 0.3) is 0 Å². The van der Waals surface area contributed by atoms with Crippen molar-refractivity contribution in [2.45, 2.75) is 0 Å². The van der Waals surface area contributed by atoms with E-state index in [1.54, 1.807) is 0 Å². The van der Waals surface area contributed by atoms with E-state index >= 15 is 0 Å². The number of hydrogen-bond acceptors (Lipinski definition) is 4. The van der Waals surface area contributed by atoms with Gasteiger partial charge in [0.1, 0.15) is 11.5 Å². The normalized spacial score (nSPS) is 9.60. The Bertz CT molecular complexity index is 349. The first-order valence-electron chi connectivity index (χ1n) is 2.49. The Balaban J connectivity index is 3.62. The molecule has 0 aliphatic rings. The lowest BCUT2D eigenvalue weighted by molar-refractivity contribution is 1.05. The molecule has 0 unspecified atom stereocenters. The van der Waals surface area contributed by atoms with Gasteiger partial charge in [0, 0.05) is 0 Å². The molecule has 0 bridgehead atoms. The first kappa shape index (κ1) is 6.40. The fourth-order valence-electron chi connectivity index (χ4n) is 0.514. The first-order chi connectivity index (χ1) is 4.61. The zero-order valence-corrected chi connectivity index (χ0v) is 4.97. The smallest absolute Gasteiger partial charge is 0.327 e. The lowest BCUT2D eigenvalue weighted by Gasteiger charge is -1.93. The summed E-state index contributed by atoms with van der Waals surface area (Å²) in [6.07, 6.45) is 0. The molecule has 0 amide bonds. The van der Waals surface area contributed by atoms with Crippen molar-refractivity contribution in [2.24, 2.45) is 0 Å². The summed E-state index contributed by atoms with van der Waals surface area (Å²) in [6.45, 7) is 0. The number of aromatic amines is 2. The predicted octanol–water partition coefficient (Wildman–Crippen LogP) is -1.77. The molecule has 0 aliphatic heterocycles. The van der Waals surface area contributed by atoms with Gasteiger partial charge in [-0.2, -0.15) is 0 Å². The van der Waals surface area contributed by atoms with Gasteiger partial charge in [-0.25, -0.2) is 4.79 Å². The van der Waals surface area contributed by atoms with Crippen molar-refractivity contribution in [3.63, 3.8) is 0 Å². The monoisotopic (exact) mass is 144 g/mol. The molecule has 0 aromatic carbocycles. The van der Waals surface area contributed by atoms with Gasteiger partial charge in [-0.3, -0.25) is 14.8 Å². The van der Waals surface area contributed by atoms with Gasteiger partial charge in [-0.05, 0) is 0 Å². The van der Waals surface area contributed by atoms with Crippen LogP contribution in [0.2, 0.25) is 0 Å². The van der Waals surface area contributed by atoms with E-state index in [2.05, 4.69) is 4.98 Å². The fraction of sp³-hybridized carbons (Fsp3) is 0. The average Bonchev–Trinajstić information content (AvgIpc) is 1.82. The van der Waals surface area contributed by atoms with E-state index in [0.29, 0.717) is 0 Å². The summed E-state index contributed by atoms with van der Waals surface area (Å²) in [5, 5.41) is 0. The summed E-state index contributed by atoms with van der Waals surface area (Å²) in [7, 11) is 0. The summed E-state index contributed by atoms with van der Waals surface area (Å²) >= 11 is 0.